The fraction of sp³-hybridized carbons (Fsp3) is 0.240. The van der Waals surface area contributed by atoms with Crippen LogP contribution in [-0.2, 0) is 6.42 Å². The number of nitrogens with zero attached hydrogens (tertiary/aromatic N) is 3. The van der Waals surface area contributed by atoms with Crippen LogP contribution in [0.5, 0.6) is 0 Å². The Morgan fingerprint density at radius 2 is 2.09 bits per heavy atom. The van der Waals surface area contributed by atoms with Gasteiger partial charge in [-0.2, -0.15) is 4.98 Å². The third-order valence-electron chi connectivity index (χ3n) is 5.72. The van der Waals surface area contributed by atoms with Gasteiger partial charge in [-0.3, -0.25) is 4.98 Å². The SMILES string of the molecule is Cc1cnc(Nc2ccc3[nH]cc(C4=CCNCC4)c3c2)nc1NCCc1ccccn1. The molecule has 5 rings (SSSR count). The standard InChI is InChI=1S/C25H27N7/c1-17-15-30-25(32-24(17)28-13-9-19-4-2-3-10-27-19)31-20-5-6-23-21(14-20)22(16-29-23)18-7-11-26-12-8-18/h2-7,10,14-16,26,29H,8-9,11-13H2,1H3,(H2,28,30,31,32). The van der Waals surface area contributed by atoms with Gasteiger partial charge in [-0.25, -0.2) is 4.98 Å². The molecular weight excluding hydrogens is 398 g/mol. The lowest BCUT2D eigenvalue weighted by Crippen LogP contribution is -2.19. The largest absolute Gasteiger partial charge is 0.369 e. The van der Waals surface area contributed by atoms with E-state index in [-0.39, 0.29) is 0 Å². The van der Waals surface area contributed by atoms with Crippen molar-refractivity contribution in [1.29, 1.82) is 0 Å². The molecule has 0 spiro atoms. The van der Waals surface area contributed by atoms with Crippen LogP contribution in [0.4, 0.5) is 17.5 Å². The quantitative estimate of drug-likeness (QED) is 0.350. The van der Waals surface area contributed by atoms with Crippen molar-refractivity contribution in [3.05, 3.63) is 77.9 Å². The van der Waals surface area contributed by atoms with Crippen molar-refractivity contribution in [2.24, 2.45) is 0 Å². The van der Waals surface area contributed by atoms with Gasteiger partial charge in [0, 0.05) is 71.5 Å². The van der Waals surface area contributed by atoms with Crippen LogP contribution in [0.3, 0.4) is 0 Å². The fourth-order valence-corrected chi connectivity index (χ4v) is 4.00. The van der Waals surface area contributed by atoms with Gasteiger partial charge < -0.3 is 20.9 Å². The second-order valence-corrected chi connectivity index (χ2v) is 7.99. The normalized spacial score (nSPS) is 13.7. The molecule has 0 atom stereocenters. The first-order valence-electron chi connectivity index (χ1n) is 11.0. The van der Waals surface area contributed by atoms with Crippen LogP contribution in [0.2, 0.25) is 0 Å². The van der Waals surface area contributed by atoms with Crippen LogP contribution in [0.15, 0.2) is 61.1 Å². The number of pyridine rings is 1. The zero-order valence-electron chi connectivity index (χ0n) is 18.2. The second kappa shape index (κ2) is 9.20. The number of aryl methyl sites for hydroxylation is 1. The maximum Gasteiger partial charge on any atom is 0.229 e. The van der Waals surface area contributed by atoms with Gasteiger partial charge in [0.25, 0.3) is 0 Å². The molecule has 0 radical (unpaired) electrons. The lowest BCUT2D eigenvalue weighted by molar-refractivity contribution is 0.739. The zero-order valence-corrected chi connectivity index (χ0v) is 18.2. The van der Waals surface area contributed by atoms with Crippen molar-refractivity contribution in [3.8, 4) is 0 Å². The maximum atomic E-state index is 4.70. The van der Waals surface area contributed by atoms with Crippen molar-refractivity contribution >= 4 is 33.9 Å². The molecule has 4 N–H and O–H groups in total. The molecule has 0 fully saturated rings. The average Bonchev–Trinajstić information content (AvgIpc) is 3.26. The molecule has 3 aromatic heterocycles. The number of H-pyrrole nitrogens is 1. The van der Waals surface area contributed by atoms with Gasteiger partial charge in [0.15, 0.2) is 0 Å². The molecule has 162 valence electrons. The lowest BCUT2D eigenvalue weighted by atomic mass is 9.99. The summed E-state index contributed by atoms with van der Waals surface area (Å²) in [5.74, 6) is 1.41. The minimum atomic E-state index is 0.577. The van der Waals surface area contributed by atoms with Crippen molar-refractivity contribution in [2.45, 2.75) is 19.8 Å². The first kappa shape index (κ1) is 20.2. The van der Waals surface area contributed by atoms with Gasteiger partial charge in [-0.05, 0) is 55.8 Å². The molecular formula is C25H27N7. The molecule has 4 heterocycles. The second-order valence-electron chi connectivity index (χ2n) is 7.99. The predicted molar refractivity (Wildman–Crippen MR) is 130 cm³/mol. The number of aromatic amines is 1. The minimum absolute atomic E-state index is 0.577. The summed E-state index contributed by atoms with van der Waals surface area (Å²) in [6.07, 6.45) is 9.93. The van der Waals surface area contributed by atoms with Crippen LogP contribution >= 0.6 is 0 Å². The number of hydrogen-bond donors (Lipinski definition) is 4. The summed E-state index contributed by atoms with van der Waals surface area (Å²) >= 11 is 0. The van der Waals surface area contributed by atoms with Gasteiger partial charge in [0.05, 0.1) is 0 Å². The topological polar surface area (TPSA) is 90.5 Å². The van der Waals surface area contributed by atoms with E-state index in [0.717, 1.165) is 60.8 Å². The van der Waals surface area contributed by atoms with Gasteiger partial charge in [0.1, 0.15) is 5.82 Å². The minimum Gasteiger partial charge on any atom is -0.369 e. The summed E-state index contributed by atoms with van der Waals surface area (Å²) in [5.41, 5.74) is 6.83. The fourth-order valence-electron chi connectivity index (χ4n) is 4.00. The van der Waals surface area contributed by atoms with E-state index >= 15 is 0 Å². The van der Waals surface area contributed by atoms with Crippen molar-refractivity contribution < 1.29 is 0 Å². The monoisotopic (exact) mass is 425 g/mol. The van der Waals surface area contributed by atoms with Crippen molar-refractivity contribution in [3.63, 3.8) is 0 Å². The van der Waals surface area contributed by atoms with Crippen LogP contribution in [0.1, 0.15) is 23.2 Å². The van der Waals surface area contributed by atoms with Gasteiger partial charge in [-0.15, -0.1) is 0 Å². The molecule has 7 heteroatoms. The number of nitrogens with one attached hydrogen (secondary N) is 4. The Balaban J connectivity index is 1.32. The van der Waals surface area contributed by atoms with E-state index in [1.807, 2.05) is 37.5 Å². The number of aromatic nitrogens is 4. The van der Waals surface area contributed by atoms with E-state index in [0.29, 0.717) is 5.95 Å². The highest BCUT2D eigenvalue weighted by Gasteiger charge is 2.12. The molecule has 32 heavy (non-hydrogen) atoms. The molecule has 1 aliphatic rings. The van der Waals surface area contributed by atoms with E-state index < -0.39 is 0 Å². The number of hydrogen-bond acceptors (Lipinski definition) is 6. The molecule has 1 aromatic carbocycles. The zero-order chi connectivity index (χ0) is 21.8. The average molecular weight is 426 g/mol. The highest BCUT2D eigenvalue weighted by Crippen LogP contribution is 2.30. The summed E-state index contributed by atoms with van der Waals surface area (Å²) < 4.78 is 0. The Morgan fingerprint density at radius 1 is 1.12 bits per heavy atom. The third-order valence-corrected chi connectivity index (χ3v) is 5.72. The summed E-state index contributed by atoms with van der Waals surface area (Å²) in [5, 5.41) is 11.4. The van der Waals surface area contributed by atoms with E-state index in [1.54, 1.807) is 0 Å². The lowest BCUT2D eigenvalue weighted by Gasteiger charge is -2.14. The Morgan fingerprint density at radius 3 is 2.94 bits per heavy atom. The molecule has 0 amide bonds. The molecule has 0 aliphatic carbocycles. The van der Waals surface area contributed by atoms with Gasteiger partial charge in [-0.1, -0.05) is 12.1 Å². The molecule has 7 nitrogen and oxygen atoms in total. The molecule has 0 unspecified atom stereocenters. The number of fused-ring (bicyclic) bond motifs is 1. The van der Waals surface area contributed by atoms with E-state index in [1.165, 1.54) is 16.5 Å². The Labute approximate surface area is 187 Å². The molecule has 4 aromatic rings. The summed E-state index contributed by atoms with van der Waals surface area (Å²) in [6, 6.07) is 12.3. The van der Waals surface area contributed by atoms with Crippen LogP contribution in [0, 0.1) is 6.92 Å². The molecule has 0 saturated heterocycles. The van der Waals surface area contributed by atoms with Crippen LogP contribution < -0.4 is 16.0 Å². The van der Waals surface area contributed by atoms with E-state index in [2.05, 4.69) is 61.4 Å². The Bertz CT molecular complexity index is 1240. The third kappa shape index (κ3) is 4.48. The molecule has 1 aliphatic heterocycles. The number of benzene rings is 1. The maximum absolute atomic E-state index is 4.70. The van der Waals surface area contributed by atoms with E-state index in [4.69, 9.17) is 4.98 Å². The highest BCUT2D eigenvalue weighted by molar-refractivity contribution is 5.95. The summed E-state index contributed by atoms with van der Waals surface area (Å²) in [7, 11) is 0. The summed E-state index contributed by atoms with van der Waals surface area (Å²) in [4.78, 5) is 16.9. The van der Waals surface area contributed by atoms with Crippen molar-refractivity contribution in [2.75, 3.05) is 30.3 Å². The van der Waals surface area contributed by atoms with Crippen molar-refractivity contribution in [1.82, 2.24) is 25.3 Å². The predicted octanol–water partition coefficient (Wildman–Crippen LogP) is 4.44. The number of anilines is 3. The van der Waals surface area contributed by atoms with Crippen LogP contribution in [-0.4, -0.2) is 39.6 Å². The smallest absolute Gasteiger partial charge is 0.229 e. The molecule has 0 saturated carbocycles. The van der Waals surface area contributed by atoms with Crippen LogP contribution in [0.25, 0.3) is 16.5 Å². The molecule has 0 bridgehead atoms. The highest BCUT2D eigenvalue weighted by atomic mass is 15.1. The first-order valence-corrected chi connectivity index (χ1v) is 11.0. The Hall–Kier alpha value is -3.71. The van der Waals surface area contributed by atoms with Gasteiger partial charge >= 0.3 is 0 Å². The van der Waals surface area contributed by atoms with E-state index in [9.17, 15) is 0 Å². The number of rotatable bonds is 7. The first-order chi connectivity index (χ1) is 15.8. The summed E-state index contributed by atoms with van der Waals surface area (Å²) in [6.45, 7) is 4.71. The van der Waals surface area contributed by atoms with Gasteiger partial charge in [0.2, 0.25) is 5.95 Å². The Kier molecular flexibility index (Phi) is 5.81.